The van der Waals surface area contributed by atoms with Gasteiger partial charge in [-0.05, 0) is 26.7 Å². The van der Waals surface area contributed by atoms with Gasteiger partial charge in [0.2, 0.25) is 0 Å². The number of hydrogen-bond acceptors (Lipinski definition) is 5. The van der Waals surface area contributed by atoms with Crippen LogP contribution in [0.3, 0.4) is 0 Å². The molecule has 132 valence electrons. The number of carbonyl (C=O) groups is 2. The Morgan fingerprint density at radius 3 is 2.43 bits per heavy atom. The van der Waals surface area contributed by atoms with Crippen molar-refractivity contribution in [1.29, 1.82) is 0 Å². The lowest BCUT2D eigenvalue weighted by molar-refractivity contribution is -0.614. The van der Waals surface area contributed by atoms with E-state index in [1.807, 2.05) is 19.2 Å². The SMILES string of the molecule is CC(C)(COC(=O)N1CCOCC1)C(=O)[NH2+]C1CCC(N)CC1. The Labute approximate surface area is 137 Å². The zero-order valence-corrected chi connectivity index (χ0v) is 14.3. The van der Waals surface area contributed by atoms with Gasteiger partial charge in [-0.3, -0.25) is 5.32 Å². The average molecular weight is 328 g/mol. The minimum absolute atomic E-state index is 0.0488. The molecule has 0 spiro atoms. The number of rotatable bonds is 4. The summed E-state index contributed by atoms with van der Waals surface area (Å²) in [6.45, 7) is 5.91. The zero-order chi connectivity index (χ0) is 16.9. The molecule has 2 fully saturated rings. The van der Waals surface area contributed by atoms with E-state index >= 15 is 0 Å². The van der Waals surface area contributed by atoms with E-state index in [0.29, 0.717) is 32.3 Å². The second-order valence-electron chi connectivity index (χ2n) is 7.24. The summed E-state index contributed by atoms with van der Waals surface area (Å²) < 4.78 is 10.6. The molecule has 7 nitrogen and oxygen atoms in total. The van der Waals surface area contributed by atoms with E-state index in [2.05, 4.69) is 0 Å². The molecule has 0 aromatic rings. The highest BCUT2D eigenvalue weighted by atomic mass is 16.6. The lowest BCUT2D eigenvalue weighted by Gasteiger charge is -2.29. The Morgan fingerprint density at radius 2 is 1.83 bits per heavy atom. The normalized spacial score (nSPS) is 26.0. The van der Waals surface area contributed by atoms with E-state index in [4.69, 9.17) is 15.2 Å². The molecule has 1 aliphatic carbocycles. The summed E-state index contributed by atoms with van der Waals surface area (Å²) in [5.74, 6) is 0.0488. The van der Waals surface area contributed by atoms with Crippen molar-refractivity contribution in [2.75, 3.05) is 32.9 Å². The Bertz CT molecular complexity index is 414. The van der Waals surface area contributed by atoms with Crippen molar-refractivity contribution in [3.63, 3.8) is 0 Å². The smallest absolute Gasteiger partial charge is 0.409 e. The van der Waals surface area contributed by atoms with Crippen LogP contribution in [0.5, 0.6) is 0 Å². The van der Waals surface area contributed by atoms with Crippen LogP contribution in [0, 0.1) is 5.41 Å². The number of primary amides is 1. The highest BCUT2D eigenvalue weighted by molar-refractivity contribution is 5.74. The van der Waals surface area contributed by atoms with E-state index in [-0.39, 0.29) is 24.6 Å². The van der Waals surface area contributed by atoms with E-state index in [9.17, 15) is 9.59 Å². The third-order valence-electron chi connectivity index (χ3n) is 4.70. The first kappa shape index (κ1) is 18.2. The molecule has 2 aliphatic rings. The van der Waals surface area contributed by atoms with Crippen LogP contribution in [0.2, 0.25) is 0 Å². The summed E-state index contributed by atoms with van der Waals surface area (Å²) in [5, 5.41) is 1.81. The lowest BCUT2D eigenvalue weighted by atomic mass is 9.89. The number of morpholine rings is 1. The molecular formula is C16H30N3O4+. The van der Waals surface area contributed by atoms with Crippen molar-refractivity contribution in [3.8, 4) is 0 Å². The molecule has 23 heavy (non-hydrogen) atoms. The molecule has 0 atom stereocenters. The van der Waals surface area contributed by atoms with Gasteiger partial charge in [0.1, 0.15) is 12.0 Å². The van der Waals surface area contributed by atoms with Gasteiger partial charge >= 0.3 is 12.0 Å². The molecule has 1 saturated heterocycles. The van der Waals surface area contributed by atoms with Gasteiger partial charge in [0.25, 0.3) is 0 Å². The van der Waals surface area contributed by atoms with Crippen molar-refractivity contribution in [2.24, 2.45) is 11.1 Å². The molecule has 0 radical (unpaired) electrons. The Balaban J connectivity index is 1.75. The highest BCUT2D eigenvalue weighted by Crippen LogP contribution is 2.17. The number of quaternary nitrogens is 1. The summed E-state index contributed by atoms with van der Waals surface area (Å²) in [7, 11) is 0. The maximum Gasteiger partial charge on any atom is 0.409 e. The van der Waals surface area contributed by atoms with Gasteiger partial charge in [0.05, 0.1) is 19.3 Å². The fraction of sp³-hybridized carbons (Fsp3) is 0.875. The van der Waals surface area contributed by atoms with Crippen molar-refractivity contribution >= 4 is 12.0 Å². The number of ether oxygens (including phenoxy) is 2. The van der Waals surface area contributed by atoms with Gasteiger partial charge in [-0.25, -0.2) is 9.59 Å². The molecule has 1 saturated carbocycles. The Morgan fingerprint density at radius 1 is 1.22 bits per heavy atom. The molecular weight excluding hydrogens is 298 g/mol. The molecule has 2 rings (SSSR count). The third kappa shape index (κ3) is 5.44. The van der Waals surface area contributed by atoms with Gasteiger partial charge in [-0.15, -0.1) is 0 Å². The quantitative estimate of drug-likeness (QED) is 0.747. The number of amides is 2. The molecule has 0 aromatic carbocycles. The summed E-state index contributed by atoms with van der Waals surface area (Å²) in [6.07, 6.45) is 3.52. The first-order chi connectivity index (χ1) is 10.9. The minimum atomic E-state index is -0.693. The van der Waals surface area contributed by atoms with Crippen LogP contribution in [0.15, 0.2) is 0 Å². The molecule has 0 bridgehead atoms. The fourth-order valence-corrected chi connectivity index (χ4v) is 2.90. The van der Waals surface area contributed by atoms with Crippen LogP contribution in [-0.2, 0) is 14.3 Å². The molecule has 1 aliphatic heterocycles. The molecule has 0 aromatic heterocycles. The van der Waals surface area contributed by atoms with E-state index < -0.39 is 5.41 Å². The van der Waals surface area contributed by atoms with Crippen LogP contribution in [0.4, 0.5) is 4.79 Å². The predicted molar refractivity (Wildman–Crippen MR) is 84.7 cm³/mol. The lowest BCUT2D eigenvalue weighted by Crippen LogP contribution is -2.96. The number of hydrogen-bond donors (Lipinski definition) is 2. The van der Waals surface area contributed by atoms with Gasteiger partial charge in [-0.1, -0.05) is 0 Å². The van der Waals surface area contributed by atoms with Gasteiger partial charge < -0.3 is 20.1 Å². The largest absolute Gasteiger partial charge is 0.448 e. The third-order valence-corrected chi connectivity index (χ3v) is 4.70. The number of carbonyl (C=O) groups excluding carboxylic acids is 2. The summed E-state index contributed by atoms with van der Waals surface area (Å²) in [4.78, 5) is 26.1. The summed E-state index contributed by atoms with van der Waals surface area (Å²) in [6, 6.07) is 0.578. The molecule has 1 heterocycles. The van der Waals surface area contributed by atoms with E-state index in [1.54, 1.807) is 4.90 Å². The van der Waals surface area contributed by atoms with Crippen LogP contribution in [0.1, 0.15) is 39.5 Å². The van der Waals surface area contributed by atoms with Gasteiger partial charge in [0.15, 0.2) is 0 Å². The monoisotopic (exact) mass is 328 g/mol. The first-order valence-electron chi connectivity index (χ1n) is 8.53. The molecule has 2 amide bonds. The van der Waals surface area contributed by atoms with Crippen molar-refractivity contribution in [3.05, 3.63) is 0 Å². The second kappa shape index (κ2) is 8.08. The predicted octanol–water partition coefficient (Wildman–Crippen LogP) is -0.159. The topological polar surface area (TPSA) is 98.5 Å². The zero-order valence-electron chi connectivity index (χ0n) is 14.3. The van der Waals surface area contributed by atoms with Crippen LogP contribution >= 0.6 is 0 Å². The second-order valence-corrected chi connectivity index (χ2v) is 7.24. The molecule has 7 heteroatoms. The van der Waals surface area contributed by atoms with E-state index in [0.717, 1.165) is 25.7 Å². The fourth-order valence-electron chi connectivity index (χ4n) is 2.90. The summed E-state index contributed by atoms with van der Waals surface area (Å²) >= 11 is 0. The summed E-state index contributed by atoms with van der Waals surface area (Å²) in [5.41, 5.74) is 5.20. The van der Waals surface area contributed by atoms with Crippen molar-refractivity contribution in [2.45, 2.75) is 51.6 Å². The van der Waals surface area contributed by atoms with Crippen LogP contribution in [0.25, 0.3) is 0 Å². The van der Waals surface area contributed by atoms with Crippen molar-refractivity contribution in [1.82, 2.24) is 4.90 Å². The highest BCUT2D eigenvalue weighted by Gasteiger charge is 2.36. The van der Waals surface area contributed by atoms with Crippen LogP contribution in [-0.4, -0.2) is 61.9 Å². The number of nitrogens with zero attached hydrogens (tertiary/aromatic N) is 1. The van der Waals surface area contributed by atoms with Crippen molar-refractivity contribution < 1.29 is 24.4 Å². The minimum Gasteiger partial charge on any atom is -0.448 e. The number of nitrogens with two attached hydrogens (primary N) is 2. The van der Waals surface area contributed by atoms with Gasteiger partial charge in [0, 0.05) is 32.0 Å². The molecule has 4 N–H and O–H groups in total. The first-order valence-corrected chi connectivity index (χ1v) is 8.53. The average Bonchev–Trinajstić information content (AvgIpc) is 2.55. The molecule has 0 unspecified atom stereocenters. The Hall–Kier alpha value is -1.18. The maximum absolute atomic E-state index is 12.5. The van der Waals surface area contributed by atoms with Gasteiger partial charge in [-0.2, -0.15) is 0 Å². The standard InChI is InChI=1S/C16H29N3O4/c1-16(2,11-23-15(21)19-7-9-22-10-8-19)14(20)18-13-5-3-12(17)4-6-13/h12-13H,3-11,17H2,1-2H3,(H,18,20)/p+1. The maximum atomic E-state index is 12.5. The Kier molecular flexibility index (Phi) is 6.38. The van der Waals surface area contributed by atoms with Crippen LogP contribution < -0.4 is 11.1 Å². The van der Waals surface area contributed by atoms with E-state index in [1.165, 1.54) is 0 Å².